The Bertz CT molecular complexity index is 1220. The zero-order chi connectivity index (χ0) is 26.4. The molecule has 5 nitrogen and oxygen atoms in total. The first-order valence-corrected chi connectivity index (χ1v) is 17.8. The highest BCUT2D eigenvalue weighted by molar-refractivity contribution is 7.98. The van der Waals surface area contributed by atoms with Gasteiger partial charge in [-0.2, -0.15) is 0 Å². The fourth-order valence-corrected chi connectivity index (χ4v) is 6.20. The maximum atomic E-state index is 13.1. The minimum absolute atomic E-state index is 0.0311. The minimum atomic E-state index is -1.18. The zero-order valence-electron chi connectivity index (χ0n) is 21.4. The number of carbonyl (C=O) groups is 1. The van der Waals surface area contributed by atoms with Crippen LogP contribution in [0.2, 0.25) is 35.7 Å². The molecule has 1 atom stereocenters. The molecule has 0 saturated carbocycles. The predicted molar refractivity (Wildman–Crippen MR) is 156 cm³/mol. The second-order valence-corrected chi connectivity index (χ2v) is 17.7. The second-order valence-electron chi connectivity index (χ2n) is 10.3. The Morgan fingerprint density at radius 1 is 1.11 bits per heavy atom. The van der Waals surface area contributed by atoms with Crippen molar-refractivity contribution in [3.63, 3.8) is 0 Å². The normalized spacial score (nSPS) is 15.9. The summed E-state index contributed by atoms with van der Waals surface area (Å²) in [6, 6.07) is 18.7. The second kappa shape index (κ2) is 12.7. The largest absolute Gasteiger partial charge is 0.467 e. The summed E-state index contributed by atoms with van der Waals surface area (Å²) in [5.74, 6) is 1.30. The van der Waals surface area contributed by atoms with Crippen molar-refractivity contribution >= 4 is 54.6 Å². The molecular formula is C28H32Cl2N2O3SSi. The lowest BCUT2D eigenvalue weighted by atomic mass is 9.97. The molecule has 0 radical (unpaired) electrons. The summed E-state index contributed by atoms with van der Waals surface area (Å²) in [6.07, 6.45) is 2.07. The number of ether oxygens (including phenoxy) is 2. The summed E-state index contributed by atoms with van der Waals surface area (Å²) in [7, 11) is -1.18. The van der Waals surface area contributed by atoms with Gasteiger partial charge in [-0.3, -0.25) is 4.79 Å². The van der Waals surface area contributed by atoms with Crippen LogP contribution < -0.4 is 9.64 Å². The molecule has 0 bridgehead atoms. The number of aromatic nitrogens is 1. The molecule has 0 aliphatic carbocycles. The molecule has 9 heteroatoms. The Labute approximate surface area is 234 Å². The number of amides is 1. The number of thioether (sulfide) groups is 1. The third-order valence-corrected chi connectivity index (χ3v) is 9.70. The number of hydrogen-bond acceptors (Lipinski definition) is 5. The van der Waals surface area contributed by atoms with Crippen LogP contribution in [-0.4, -0.2) is 38.9 Å². The quantitative estimate of drug-likeness (QED) is 0.101. The average Bonchev–Trinajstić information content (AvgIpc) is 3.26. The standard InChI is InChI=1S/C28H32Cl2N2O3SSi/c1-37(2,3)14-13-34-19-35-24-10-9-23(29)28(30)27(24)21-15-26(33)32(17-21)22-11-12-31-25(16-22)36-18-20-7-5-4-6-8-20/h4-12,16,21H,13-15,17-19H2,1-3H3/t21-/m1/s1. The Morgan fingerprint density at radius 2 is 1.89 bits per heavy atom. The average molecular weight is 576 g/mol. The van der Waals surface area contributed by atoms with Gasteiger partial charge < -0.3 is 14.4 Å². The van der Waals surface area contributed by atoms with E-state index >= 15 is 0 Å². The summed E-state index contributed by atoms with van der Waals surface area (Å²) in [5, 5.41) is 1.74. The van der Waals surface area contributed by atoms with Crippen LogP contribution in [0.4, 0.5) is 5.69 Å². The minimum Gasteiger partial charge on any atom is -0.467 e. The topological polar surface area (TPSA) is 51.7 Å². The number of benzene rings is 2. The summed E-state index contributed by atoms with van der Waals surface area (Å²) in [5.41, 5.74) is 2.81. The third-order valence-electron chi connectivity index (χ3n) is 6.18. The number of anilines is 1. The number of hydrogen-bond donors (Lipinski definition) is 0. The van der Waals surface area contributed by atoms with Gasteiger partial charge in [0.2, 0.25) is 5.91 Å². The predicted octanol–water partition coefficient (Wildman–Crippen LogP) is 7.89. The van der Waals surface area contributed by atoms with Crippen molar-refractivity contribution in [1.82, 2.24) is 4.98 Å². The van der Waals surface area contributed by atoms with E-state index in [4.69, 9.17) is 32.7 Å². The molecule has 4 rings (SSSR count). The molecule has 1 fully saturated rings. The summed E-state index contributed by atoms with van der Waals surface area (Å²) < 4.78 is 11.7. The van der Waals surface area contributed by atoms with E-state index < -0.39 is 8.07 Å². The first kappa shape index (κ1) is 28.0. The van der Waals surface area contributed by atoms with E-state index in [9.17, 15) is 4.79 Å². The molecular weight excluding hydrogens is 543 g/mol. The molecule has 196 valence electrons. The van der Waals surface area contributed by atoms with E-state index in [0.29, 0.717) is 35.4 Å². The lowest BCUT2D eigenvalue weighted by Crippen LogP contribution is -2.24. The molecule has 2 heterocycles. The number of halogens is 2. The van der Waals surface area contributed by atoms with Crippen LogP contribution in [0, 0.1) is 0 Å². The molecule has 37 heavy (non-hydrogen) atoms. The first-order valence-electron chi connectivity index (χ1n) is 12.3. The van der Waals surface area contributed by atoms with Crippen LogP contribution in [0.5, 0.6) is 5.75 Å². The van der Waals surface area contributed by atoms with Gasteiger partial charge in [0.1, 0.15) is 5.75 Å². The smallest absolute Gasteiger partial charge is 0.227 e. The maximum absolute atomic E-state index is 13.1. The van der Waals surface area contributed by atoms with Crippen molar-refractivity contribution in [3.8, 4) is 5.75 Å². The third kappa shape index (κ3) is 7.74. The SMILES string of the molecule is C[Si](C)(C)CCOCOc1ccc(Cl)c(Cl)c1[C@@H]1CC(=O)N(c2ccnc(SCc3ccccc3)c2)C1. The van der Waals surface area contributed by atoms with Gasteiger partial charge in [0.15, 0.2) is 6.79 Å². The fourth-order valence-electron chi connectivity index (χ4n) is 4.13. The molecule has 0 N–H and O–H groups in total. The van der Waals surface area contributed by atoms with Gasteiger partial charge in [-0.1, -0.05) is 73.2 Å². The molecule has 3 aromatic rings. The summed E-state index contributed by atoms with van der Waals surface area (Å²) in [4.78, 5) is 19.4. The van der Waals surface area contributed by atoms with E-state index in [1.54, 1.807) is 28.9 Å². The molecule has 1 aromatic heterocycles. The van der Waals surface area contributed by atoms with E-state index in [2.05, 4.69) is 36.8 Å². The number of pyridine rings is 1. The summed E-state index contributed by atoms with van der Waals surface area (Å²) >= 11 is 14.7. The molecule has 1 saturated heterocycles. The number of carbonyl (C=O) groups excluding carboxylic acids is 1. The van der Waals surface area contributed by atoms with Crippen molar-refractivity contribution in [3.05, 3.63) is 82.0 Å². The van der Waals surface area contributed by atoms with Crippen LogP contribution in [0.1, 0.15) is 23.5 Å². The first-order chi connectivity index (χ1) is 17.7. The van der Waals surface area contributed by atoms with Gasteiger partial charge in [0.05, 0.1) is 15.1 Å². The van der Waals surface area contributed by atoms with Crippen molar-refractivity contribution in [2.24, 2.45) is 0 Å². The van der Waals surface area contributed by atoms with Crippen LogP contribution in [-0.2, 0) is 15.3 Å². The van der Waals surface area contributed by atoms with Crippen molar-refractivity contribution in [1.29, 1.82) is 0 Å². The lowest BCUT2D eigenvalue weighted by Gasteiger charge is -2.20. The number of rotatable bonds is 11. The van der Waals surface area contributed by atoms with Crippen LogP contribution >= 0.6 is 35.0 Å². The Kier molecular flexibility index (Phi) is 9.59. The molecule has 1 aliphatic heterocycles. The van der Waals surface area contributed by atoms with Gasteiger partial charge in [0.25, 0.3) is 0 Å². The fraction of sp³-hybridized carbons (Fsp3) is 0.357. The van der Waals surface area contributed by atoms with Gasteiger partial charge in [-0.15, -0.1) is 11.8 Å². The van der Waals surface area contributed by atoms with Crippen LogP contribution in [0.25, 0.3) is 0 Å². The van der Waals surface area contributed by atoms with E-state index in [1.165, 1.54) is 5.56 Å². The van der Waals surface area contributed by atoms with E-state index in [0.717, 1.165) is 28.1 Å². The van der Waals surface area contributed by atoms with E-state index in [1.807, 2.05) is 36.4 Å². The van der Waals surface area contributed by atoms with Gasteiger partial charge in [-0.05, 0) is 35.9 Å². The van der Waals surface area contributed by atoms with Crippen molar-refractivity contribution in [2.75, 3.05) is 24.8 Å². The van der Waals surface area contributed by atoms with Crippen molar-refractivity contribution < 1.29 is 14.3 Å². The van der Waals surface area contributed by atoms with Crippen LogP contribution in [0.15, 0.2) is 65.8 Å². The molecule has 0 spiro atoms. The lowest BCUT2D eigenvalue weighted by molar-refractivity contribution is -0.117. The van der Waals surface area contributed by atoms with Gasteiger partial charge >= 0.3 is 0 Å². The summed E-state index contributed by atoms with van der Waals surface area (Å²) in [6.45, 7) is 8.21. The Morgan fingerprint density at radius 3 is 2.65 bits per heavy atom. The Hall–Kier alpha value is -2.03. The van der Waals surface area contributed by atoms with Gasteiger partial charge in [0, 0.05) is 56.8 Å². The molecule has 2 aromatic carbocycles. The highest BCUT2D eigenvalue weighted by Crippen LogP contribution is 2.43. The van der Waals surface area contributed by atoms with Crippen molar-refractivity contribution in [2.45, 2.75) is 48.8 Å². The highest BCUT2D eigenvalue weighted by Gasteiger charge is 2.35. The highest BCUT2D eigenvalue weighted by atomic mass is 35.5. The molecule has 1 amide bonds. The maximum Gasteiger partial charge on any atom is 0.227 e. The number of nitrogens with zero attached hydrogens (tertiary/aromatic N) is 2. The van der Waals surface area contributed by atoms with E-state index in [-0.39, 0.29) is 18.6 Å². The zero-order valence-corrected chi connectivity index (χ0v) is 24.7. The van der Waals surface area contributed by atoms with Gasteiger partial charge in [-0.25, -0.2) is 4.98 Å². The molecule has 0 unspecified atom stereocenters. The van der Waals surface area contributed by atoms with Crippen LogP contribution in [0.3, 0.4) is 0 Å². The molecule has 1 aliphatic rings. The Balaban J connectivity index is 1.45. The monoisotopic (exact) mass is 574 g/mol.